The highest BCUT2D eigenvalue weighted by Crippen LogP contribution is 2.19. The Bertz CT molecular complexity index is 931. The first kappa shape index (κ1) is 20.1. The first-order chi connectivity index (χ1) is 14.2. The van der Waals surface area contributed by atoms with Crippen molar-refractivity contribution < 1.29 is 9.53 Å². The van der Waals surface area contributed by atoms with Crippen LogP contribution in [0.15, 0.2) is 41.9 Å². The number of hydrogen-bond donors (Lipinski definition) is 1. The van der Waals surface area contributed by atoms with E-state index in [-0.39, 0.29) is 12.0 Å². The number of imidazole rings is 1. The number of likely N-dealkylation sites (N-methyl/N-ethyl adjacent to an activating group) is 1. The molecule has 3 heterocycles. The smallest absolute Gasteiger partial charge is 0.274 e. The lowest BCUT2D eigenvalue weighted by Gasteiger charge is -2.23. The molecule has 1 amide bonds. The van der Waals surface area contributed by atoms with Crippen LogP contribution in [0, 0.1) is 0 Å². The van der Waals surface area contributed by atoms with Crippen molar-refractivity contribution >= 4 is 22.2 Å². The number of nitrogens with one attached hydrogen (secondary N) is 1. The minimum Gasteiger partial charge on any atom is -0.377 e. The normalized spacial score (nSPS) is 16.9. The van der Waals surface area contributed by atoms with Crippen molar-refractivity contribution in [1.82, 2.24) is 19.6 Å². The molecule has 3 aromatic rings. The number of carbonyl (C=O) groups excluding carboxylic acids is 1. The minimum absolute atomic E-state index is 0.0254. The van der Waals surface area contributed by atoms with Crippen LogP contribution in [0.5, 0.6) is 0 Å². The van der Waals surface area contributed by atoms with Crippen LogP contribution in [-0.4, -0.2) is 53.0 Å². The molecule has 1 unspecified atom stereocenters. The van der Waals surface area contributed by atoms with Crippen molar-refractivity contribution in [2.75, 3.05) is 26.7 Å². The van der Waals surface area contributed by atoms with Crippen molar-refractivity contribution in [3.05, 3.63) is 58.9 Å². The number of amides is 1. The van der Waals surface area contributed by atoms with Gasteiger partial charge in [-0.1, -0.05) is 30.3 Å². The van der Waals surface area contributed by atoms with Gasteiger partial charge in [0.05, 0.1) is 11.8 Å². The number of ether oxygens (including phenoxy) is 1. The molecule has 6 nitrogen and oxygen atoms in total. The summed E-state index contributed by atoms with van der Waals surface area (Å²) in [5.74, 6) is -0.0254. The van der Waals surface area contributed by atoms with Gasteiger partial charge in [-0.3, -0.25) is 9.20 Å². The molecule has 7 heteroatoms. The van der Waals surface area contributed by atoms with Crippen molar-refractivity contribution in [3.8, 4) is 0 Å². The maximum atomic E-state index is 13.1. The van der Waals surface area contributed by atoms with Crippen LogP contribution >= 0.6 is 11.3 Å². The van der Waals surface area contributed by atoms with E-state index < -0.39 is 0 Å². The van der Waals surface area contributed by atoms with Crippen LogP contribution in [0.25, 0.3) is 4.96 Å². The summed E-state index contributed by atoms with van der Waals surface area (Å²) in [5, 5.41) is 5.48. The molecule has 154 valence electrons. The molecule has 1 atom stereocenters. The highest BCUT2D eigenvalue weighted by molar-refractivity contribution is 7.15. The maximum Gasteiger partial charge on any atom is 0.274 e. The number of aromatic nitrogens is 2. The Labute approximate surface area is 175 Å². The lowest BCUT2D eigenvalue weighted by atomic mass is 10.1. The second-order valence-electron chi connectivity index (χ2n) is 7.54. The molecular weight excluding hydrogens is 384 g/mol. The van der Waals surface area contributed by atoms with Crippen molar-refractivity contribution in [2.45, 2.75) is 38.3 Å². The number of benzene rings is 1. The van der Waals surface area contributed by atoms with Gasteiger partial charge >= 0.3 is 0 Å². The fourth-order valence-corrected chi connectivity index (χ4v) is 4.45. The quantitative estimate of drug-likeness (QED) is 0.616. The Morgan fingerprint density at radius 2 is 2.21 bits per heavy atom. The summed E-state index contributed by atoms with van der Waals surface area (Å²) in [6.45, 7) is 2.92. The van der Waals surface area contributed by atoms with E-state index in [0.717, 1.165) is 43.1 Å². The predicted molar refractivity (Wildman–Crippen MR) is 115 cm³/mol. The van der Waals surface area contributed by atoms with Crippen LogP contribution in [0.1, 0.15) is 41.0 Å². The summed E-state index contributed by atoms with van der Waals surface area (Å²) in [6.07, 6.45) is 6.57. The molecule has 0 saturated carbocycles. The van der Waals surface area contributed by atoms with Gasteiger partial charge < -0.3 is 15.0 Å². The second kappa shape index (κ2) is 9.52. The Morgan fingerprint density at radius 3 is 3.00 bits per heavy atom. The van der Waals surface area contributed by atoms with Gasteiger partial charge in [-0.05, 0) is 31.2 Å². The zero-order chi connectivity index (χ0) is 20.1. The van der Waals surface area contributed by atoms with Crippen LogP contribution in [0.3, 0.4) is 0 Å². The highest BCUT2D eigenvalue weighted by atomic mass is 32.1. The molecule has 0 spiro atoms. The molecule has 1 fully saturated rings. The summed E-state index contributed by atoms with van der Waals surface area (Å²) in [4.78, 5) is 20.4. The van der Waals surface area contributed by atoms with Crippen molar-refractivity contribution in [2.24, 2.45) is 0 Å². The lowest BCUT2D eigenvalue weighted by molar-refractivity contribution is 0.0167. The molecule has 1 aromatic carbocycles. The number of hydrogen-bond acceptors (Lipinski definition) is 5. The van der Waals surface area contributed by atoms with Gasteiger partial charge in [-0.15, -0.1) is 11.3 Å². The van der Waals surface area contributed by atoms with E-state index in [0.29, 0.717) is 18.8 Å². The van der Waals surface area contributed by atoms with E-state index in [1.165, 1.54) is 12.0 Å². The number of fused-ring (bicyclic) bond motifs is 1. The molecule has 1 saturated heterocycles. The van der Waals surface area contributed by atoms with E-state index in [4.69, 9.17) is 4.74 Å². The predicted octanol–water partition coefficient (Wildman–Crippen LogP) is 3.37. The Morgan fingerprint density at radius 1 is 1.34 bits per heavy atom. The lowest BCUT2D eigenvalue weighted by Crippen LogP contribution is -2.33. The van der Waals surface area contributed by atoms with Crippen molar-refractivity contribution in [3.63, 3.8) is 0 Å². The average Bonchev–Trinajstić information content (AvgIpc) is 3.35. The van der Waals surface area contributed by atoms with Gasteiger partial charge in [-0.25, -0.2) is 4.98 Å². The standard InChI is InChI=1S/C22H28N4O2S/c1-25(11-10-17-7-3-2-4-8-17)21(27)20-19(26-12-14-29-22(26)24-20)16-23-15-18-9-5-6-13-28-18/h2-4,7-8,12,14,18,23H,5-6,9-11,13,15-16H2,1H3. The molecule has 1 aliphatic heterocycles. The van der Waals surface area contributed by atoms with Gasteiger partial charge in [0.25, 0.3) is 5.91 Å². The molecule has 0 bridgehead atoms. The van der Waals surface area contributed by atoms with E-state index >= 15 is 0 Å². The first-order valence-corrected chi connectivity index (χ1v) is 11.2. The molecule has 4 rings (SSSR count). The fraction of sp³-hybridized carbons (Fsp3) is 0.455. The summed E-state index contributed by atoms with van der Waals surface area (Å²) in [5.41, 5.74) is 2.70. The largest absolute Gasteiger partial charge is 0.377 e. The van der Waals surface area contributed by atoms with E-state index in [1.54, 1.807) is 16.2 Å². The Balaban J connectivity index is 1.42. The maximum absolute atomic E-state index is 13.1. The number of rotatable bonds is 8. The van der Waals surface area contributed by atoms with E-state index in [1.807, 2.05) is 41.2 Å². The first-order valence-electron chi connectivity index (χ1n) is 10.3. The minimum atomic E-state index is -0.0254. The molecule has 0 aliphatic carbocycles. The average molecular weight is 413 g/mol. The molecule has 2 aromatic heterocycles. The van der Waals surface area contributed by atoms with E-state index in [9.17, 15) is 4.79 Å². The Hall–Kier alpha value is -2.22. The zero-order valence-corrected chi connectivity index (χ0v) is 17.7. The monoisotopic (exact) mass is 412 g/mol. The van der Waals surface area contributed by atoms with Crippen LogP contribution < -0.4 is 5.32 Å². The number of carbonyl (C=O) groups is 1. The third kappa shape index (κ3) is 4.86. The van der Waals surface area contributed by atoms with Gasteiger partial charge in [-0.2, -0.15) is 0 Å². The Kier molecular flexibility index (Phi) is 6.59. The topological polar surface area (TPSA) is 58.9 Å². The van der Waals surface area contributed by atoms with Gasteiger partial charge in [0.2, 0.25) is 0 Å². The molecule has 1 N–H and O–H groups in total. The molecule has 29 heavy (non-hydrogen) atoms. The summed E-state index contributed by atoms with van der Waals surface area (Å²) < 4.78 is 7.83. The van der Waals surface area contributed by atoms with Crippen LogP contribution in [0.2, 0.25) is 0 Å². The van der Waals surface area contributed by atoms with Gasteiger partial charge in [0, 0.05) is 44.9 Å². The summed E-state index contributed by atoms with van der Waals surface area (Å²) in [7, 11) is 1.85. The molecule has 1 aliphatic rings. The SMILES string of the molecule is CN(CCc1ccccc1)C(=O)c1nc2sccn2c1CNCC1CCCCO1. The fourth-order valence-electron chi connectivity index (χ4n) is 3.72. The third-order valence-corrected chi connectivity index (χ3v) is 6.18. The highest BCUT2D eigenvalue weighted by Gasteiger charge is 2.23. The third-order valence-electron chi connectivity index (χ3n) is 5.43. The van der Waals surface area contributed by atoms with Crippen molar-refractivity contribution in [1.29, 1.82) is 0 Å². The van der Waals surface area contributed by atoms with E-state index in [2.05, 4.69) is 22.4 Å². The van der Waals surface area contributed by atoms with Gasteiger partial charge in [0.15, 0.2) is 10.7 Å². The van der Waals surface area contributed by atoms with Gasteiger partial charge in [0.1, 0.15) is 0 Å². The summed E-state index contributed by atoms with van der Waals surface area (Å²) in [6, 6.07) is 10.2. The zero-order valence-electron chi connectivity index (χ0n) is 16.8. The molecule has 0 radical (unpaired) electrons. The van der Waals surface area contributed by atoms with Crippen LogP contribution in [0.4, 0.5) is 0 Å². The second-order valence-corrected chi connectivity index (χ2v) is 8.42. The van der Waals surface area contributed by atoms with Crippen LogP contribution in [-0.2, 0) is 17.7 Å². The summed E-state index contributed by atoms with van der Waals surface area (Å²) >= 11 is 1.55. The molecular formula is C22H28N4O2S. The number of nitrogens with zero attached hydrogens (tertiary/aromatic N) is 3. The number of thiazole rings is 1.